The Balaban J connectivity index is 1.89. The average molecular weight is 255 g/mol. The van der Waals surface area contributed by atoms with Crippen molar-refractivity contribution in [1.29, 1.82) is 0 Å². The van der Waals surface area contributed by atoms with E-state index in [0.717, 1.165) is 11.4 Å². The minimum atomic E-state index is -0.938. The number of nitrogens with one attached hydrogen (secondary N) is 1. The van der Waals surface area contributed by atoms with Gasteiger partial charge in [0, 0.05) is 18.1 Å². The molecule has 6 nitrogen and oxygen atoms in total. The van der Waals surface area contributed by atoms with Gasteiger partial charge < -0.3 is 15.3 Å². The van der Waals surface area contributed by atoms with Crippen LogP contribution in [0, 0.1) is 0 Å². The van der Waals surface area contributed by atoms with E-state index in [-0.39, 0.29) is 6.03 Å². The molecule has 7 heteroatoms. The highest BCUT2D eigenvalue weighted by Crippen LogP contribution is 2.17. The lowest BCUT2D eigenvalue weighted by Crippen LogP contribution is -2.45. The maximum absolute atomic E-state index is 11.8. The zero-order valence-corrected chi connectivity index (χ0v) is 9.94. The van der Waals surface area contributed by atoms with Crippen molar-refractivity contribution in [1.82, 2.24) is 15.2 Å². The van der Waals surface area contributed by atoms with Gasteiger partial charge in [-0.25, -0.2) is 14.6 Å². The zero-order chi connectivity index (χ0) is 12.3. The first-order valence-corrected chi connectivity index (χ1v) is 6.22. The number of thiazole rings is 1. The van der Waals surface area contributed by atoms with Crippen molar-refractivity contribution in [3.8, 4) is 0 Å². The van der Waals surface area contributed by atoms with Gasteiger partial charge in [0.1, 0.15) is 11.0 Å². The second kappa shape index (κ2) is 5.13. The molecule has 0 radical (unpaired) electrons. The molecule has 2 rings (SSSR count). The number of hydrogen-bond donors (Lipinski definition) is 2. The van der Waals surface area contributed by atoms with Crippen LogP contribution in [0.15, 0.2) is 11.6 Å². The van der Waals surface area contributed by atoms with E-state index < -0.39 is 12.0 Å². The van der Waals surface area contributed by atoms with E-state index in [4.69, 9.17) is 5.11 Å². The molecular formula is C10H13N3O3S. The third-order valence-electron chi connectivity index (χ3n) is 2.67. The summed E-state index contributed by atoms with van der Waals surface area (Å²) in [5, 5.41) is 14.3. The van der Waals surface area contributed by atoms with Crippen LogP contribution in [0.2, 0.25) is 0 Å². The molecule has 92 valence electrons. The smallest absolute Gasteiger partial charge is 0.326 e. The summed E-state index contributed by atoms with van der Waals surface area (Å²) in [4.78, 5) is 28.1. The van der Waals surface area contributed by atoms with Gasteiger partial charge in [-0.1, -0.05) is 0 Å². The Morgan fingerprint density at radius 1 is 1.65 bits per heavy atom. The van der Waals surface area contributed by atoms with Crippen LogP contribution in [-0.4, -0.2) is 39.6 Å². The van der Waals surface area contributed by atoms with Crippen molar-refractivity contribution in [2.24, 2.45) is 0 Å². The molecule has 1 aliphatic rings. The minimum Gasteiger partial charge on any atom is -0.480 e. The first-order chi connectivity index (χ1) is 8.18. The van der Waals surface area contributed by atoms with Crippen LogP contribution in [0.1, 0.15) is 17.8 Å². The van der Waals surface area contributed by atoms with Gasteiger partial charge in [0.25, 0.3) is 0 Å². The Kier molecular flexibility index (Phi) is 3.58. The molecule has 2 amide bonds. The lowest BCUT2D eigenvalue weighted by atomic mass is 10.2. The van der Waals surface area contributed by atoms with Gasteiger partial charge in [0.15, 0.2) is 0 Å². The van der Waals surface area contributed by atoms with Crippen LogP contribution in [0.5, 0.6) is 0 Å². The van der Waals surface area contributed by atoms with E-state index in [1.54, 1.807) is 6.20 Å². The van der Waals surface area contributed by atoms with Gasteiger partial charge >= 0.3 is 12.0 Å². The van der Waals surface area contributed by atoms with Crippen molar-refractivity contribution in [3.05, 3.63) is 16.6 Å². The topological polar surface area (TPSA) is 82.5 Å². The molecule has 0 aromatic carbocycles. The molecule has 0 spiro atoms. The maximum atomic E-state index is 11.8. The summed E-state index contributed by atoms with van der Waals surface area (Å²) < 4.78 is 0. The predicted octanol–water partition coefficient (Wildman–Crippen LogP) is 0.902. The van der Waals surface area contributed by atoms with E-state index in [9.17, 15) is 9.59 Å². The zero-order valence-electron chi connectivity index (χ0n) is 9.13. The van der Waals surface area contributed by atoms with Crippen LogP contribution < -0.4 is 5.32 Å². The molecule has 1 saturated heterocycles. The molecular weight excluding hydrogens is 242 g/mol. The van der Waals surface area contributed by atoms with Gasteiger partial charge in [-0.3, -0.25) is 0 Å². The number of rotatable bonds is 3. The van der Waals surface area contributed by atoms with E-state index in [1.165, 1.54) is 16.2 Å². The monoisotopic (exact) mass is 255 g/mol. The predicted molar refractivity (Wildman–Crippen MR) is 61.7 cm³/mol. The number of carboxylic acids is 1. The van der Waals surface area contributed by atoms with Crippen molar-refractivity contribution in [3.63, 3.8) is 0 Å². The number of carbonyl (C=O) groups excluding carboxylic acids is 1. The standard InChI is InChI=1S/C10H13N3O3S/c14-9(15)7-2-1-4-13(7)10(16)12-6-8-11-3-5-17-8/h3,5,7H,1-2,4,6H2,(H,12,16)(H,14,15). The summed E-state index contributed by atoms with van der Waals surface area (Å²) in [6.45, 7) is 0.847. The summed E-state index contributed by atoms with van der Waals surface area (Å²) >= 11 is 1.45. The highest BCUT2D eigenvalue weighted by atomic mass is 32.1. The molecule has 0 bridgehead atoms. The normalized spacial score (nSPS) is 19.3. The number of aromatic nitrogens is 1. The fourth-order valence-electron chi connectivity index (χ4n) is 1.86. The molecule has 1 aromatic rings. The number of carboxylic acid groups (broad SMARTS) is 1. The van der Waals surface area contributed by atoms with Crippen molar-refractivity contribution < 1.29 is 14.7 Å². The Morgan fingerprint density at radius 2 is 2.47 bits per heavy atom. The number of hydrogen-bond acceptors (Lipinski definition) is 4. The van der Waals surface area contributed by atoms with Crippen LogP contribution in [-0.2, 0) is 11.3 Å². The number of urea groups is 1. The van der Waals surface area contributed by atoms with Crippen molar-refractivity contribution in [2.75, 3.05) is 6.54 Å². The van der Waals surface area contributed by atoms with Crippen molar-refractivity contribution in [2.45, 2.75) is 25.4 Å². The lowest BCUT2D eigenvalue weighted by Gasteiger charge is -2.21. The Morgan fingerprint density at radius 3 is 3.12 bits per heavy atom. The highest BCUT2D eigenvalue weighted by molar-refractivity contribution is 7.09. The van der Waals surface area contributed by atoms with E-state index in [1.807, 2.05) is 5.38 Å². The van der Waals surface area contributed by atoms with Gasteiger partial charge in [-0.2, -0.15) is 0 Å². The Bertz CT molecular complexity index is 407. The SMILES string of the molecule is O=C(O)C1CCCN1C(=O)NCc1nccs1. The molecule has 1 fully saturated rings. The molecule has 17 heavy (non-hydrogen) atoms. The number of aliphatic carboxylic acids is 1. The second-order valence-corrected chi connectivity index (χ2v) is 4.75. The summed E-state index contributed by atoms with van der Waals surface area (Å²) in [6.07, 6.45) is 2.93. The largest absolute Gasteiger partial charge is 0.480 e. The molecule has 0 saturated carbocycles. The van der Waals surface area contributed by atoms with Crippen LogP contribution in [0.3, 0.4) is 0 Å². The third kappa shape index (κ3) is 2.73. The minimum absolute atomic E-state index is 0.329. The quantitative estimate of drug-likeness (QED) is 0.840. The van der Waals surface area contributed by atoms with E-state index in [2.05, 4.69) is 10.3 Å². The molecule has 1 unspecified atom stereocenters. The summed E-state index contributed by atoms with van der Waals surface area (Å²) in [5.74, 6) is -0.938. The molecule has 0 aliphatic carbocycles. The number of nitrogens with zero attached hydrogens (tertiary/aromatic N) is 2. The number of likely N-dealkylation sites (tertiary alicyclic amines) is 1. The first kappa shape index (κ1) is 11.8. The summed E-state index contributed by atoms with van der Waals surface area (Å²) in [6, 6.07) is -1.02. The number of amides is 2. The van der Waals surface area contributed by atoms with Gasteiger partial charge in [-0.05, 0) is 12.8 Å². The van der Waals surface area contributed by atoms with Crippen LogP contribution in [0.25, 0.3) is 0 Å². The van der Waals surface area contributed by atoms with Gasteiger partial charge in [0.05, 0.1) is 6.54 Å². The molecule has 1 atom stereocenters. The van der Waals surface area contributed by atoms with Crippen LogP contribution >= 0.6 is 11.3 Å². The average Bonchev–Trinajstić information content (AvgIpc) is 2.96. The Hall–Kier alpha value is -1.63. The fourth-order valence-corrected chi connectivity index (χ4v) is 2.42. The van der Waals surface area contributed by atoms with Gasteiger partial charge in [0.2, 0.25) is 0 Å². The summed E-state index contributed by atoms with van der Waals surface area (Å²) in [5.41, 5.74) is 0. The van der Waals surface area contributed by atoms with E-state index in [0.29, 0.717) is 19.5 Å². The molecule has 2 heterocycles. The maximum Gasteiger partial charge on any atom is 0.326 e. The highest BCUT2D eigenvalue weighted by Gasteiger charge is 2.33. The second-order valence-electron chi connectivity index (χ2n) is 3.77. The fraction of sp³-hybridized carbons (Fsp3) is 0.500. The number of carbonyl (C=O) groups is 2. The van der Waals surface area contributed by atoms with Crippen LogP contribution in [0.4, 0.5) is 4.79 Å². The van der Waals surface area contributed by atoms with Crippen molar-refractivity contribution >= 4 is 23.3 Å². The van der Waals surface area contributed by atoms with E-state index >= 15 is 0 Å². The van der Waals surface area contributed by atoms with Gasteiger partial charge in [-0.15, -0.1) is 11.3 Å². The summed E-state index contributed by atoms with van der Waals surface area (Å²) in [7, 11) is 0. The Labute approximate surface area is 102 Å². The molecule has 1 aliphatic heterocycles. The molecule has 2 N–H and O–H groups in total. The third-order valence-corrected chi connectivity index (χ3v) is 3.45. The first-order valence-electron chi connectivity index (χ1n) is 5.34. The molecule has 1 aromatic heterocycles. The lowest BCUT2D eigenvalue weighted by molar-refractivity contribution is -0.141.